The van der Waals surface area contributed by atoms with Crippen molar-refractivity contribution in [1.82, 2.24) is 0 Å². The minimum absolute atomic E-state index is 0.778. The third kappa shape index (κ3) is 2.08. The summed E-state index contributed by atoms with van der Waals surface area (Å²) >= 11 is 1.60. The average molecular weight is 155 g/mol. The third-order valence-corrected chi connectivity index (χ3v) is 1.04. The molecule has 3 heteroatoms. The number of hydrogen-bond donors (Lipinski definition) is 0. The van der Waals surface area contributed by atoms with Gasteiger partial charge in [-0.25, -0.2) is 0 Å². The van der Waals surface area contributed by atoms with Crippen LogP contribution in [0.3, 0.4) is 0 Å². The normalized spacial score (nSPS) is 8.33. The summed E-state index contributed by atoms with van der Waals surface area (Å²) in [7, 11) is 0. The predicted octanol–water partition coefficient (Wildman–Crippen LogP) is 1.71. The van der Waals surface area contributed by atoms with Crippen LogP contribution in [0.5, 0.6) is 5.75 Å². The van der Waals surface area contributed by atoms with E-state index in [1.54, 1.807) is 20.3 Å². The molecular formula is C6H5NOTi. The first-order chi connectivity index (χ1) is 4.43. The molecule has 0 heterocycles. The fourth-order valence-corrected chi connectivity index (χ4v) is 0.699. The molecule has 1 rings (SSSR count). The molecule has 0 radical (unpaired) electrons. The van der Waals surface area contributed by atoms with Crippen molar-refractivity contribution in [3.8, 4) is 5.75 Å². The monoisotopic (exact) mass is 155 g/mol. The number of nitrogens with zero attached hydrogens (tertiary/aromatic N) is 1. The van der Waals surface area contributed by atoms with Crippen LogP contribution >= 0.6 is 0 Å². The molecular weight excluding hydrogens is 150 g/mol. The number of hydrogen-bond acceptors (Lipinski definition) is 2. The van der Waals surface area contributed by atoms with Crippen LogP contribution in [0.4, 0.5) is 0 Å². The summed E-state index contributed by atoms with van der Waals surface area (Å²) in [4.78, 5) is 4.83. The third-order valence-electron chi connectivity index (χ3n) is 0.894. The van der Waals surface area contributed by atoms with E-state index in [9.17, 15) is 0 Å². The zero-order valence-electron chi connectivity index (χ0n) is 4.74. The van der Waals surface area contributed by atoms with Crippen LogP contribution in [0.1, 0.15) is 0 Å². The first-order valence-electron chi connectivity index (χ1n) is 2.52. The van der Waals surface area contributed by atoms with Crippen LogP contribution in [-0.2, 0) is 20.3 Å². The Hall–Kier alpha value is -0.466. The van der Waals surface area contributed by atoms with Gasteiger partial charge in [0.25, 0.3) is 0 Å². The van der Waals surface area contributed by atoms with E-state index in [-0.39, 0.29) is 0 Å². The zero-order chi connectivity index (χ0) is 6.53. The van der Waals surface area contributed by atoms with E-state index < -0.39 is 0 Å². The van der Waals surface area contributed by atoms with Crippen molar-refractivity contribution in [2.75, 3.05) is 0 Å². The summed E-state index contributed by atoms with van der Waals surface area (Å²) in [5.41, 5.74) is 0. The first kappa shape index (κ1) is 6.65. The Morgan fingerprint density at radius 2 is 1.89 bits per heavy atom. The van der Waals surface area contributed by atoms with Crippen molar-refractivity contribution in [2.45, 2.75) is 0 Å². The molecule has 0 fully saturated rings. The van der Waals surface area contributed by atoms with Gasteiger partial charge in [0.15, 0.2) is 0 Å². The van der Waals surface area contributed by atoms with E-state index in [1.165, 1.54) is 0 Å². The molecule has 0 N–H and O–H groups in total. The van der Waals surface area contributed by atoms with Gasteiger partial charge in [0.05, 0.1) is 0 Å². The Kier molecular flexibility index (Phi) is 2.62. The fraction of sp³-hybridized carbons (Fsp3) is 0. The molecule has 9 heavy (non-hydrogen) atoms. The molecule has 0 unspecified atom stereocenters. The summed E-state index contributed by atoms with van der Waals surface area (Å²) < 4.78 is 3.51. The van der Waals surface area contributed by atoms with Gasteiger partial charge in [0, 0.05) is 0 Å². The molecule has 2 nitrogen and oxygen atoms in total. The Balaban J connectivity index is 2.72. The molecule has 0 aromatic heterocycles. The molecule has 44 valence electrons. The van der Waals surface area contributed by atoms with Gasteiger partial charge in [-0.1, -0.05) is 0 Å². The van der Waals surface area contributed by atoms with Gasteiger partial charge in [0.2, 0.25) is 0 Å². The molecule has 1 aromatic carbocycles. The second kappa shape index (κ2) is 3.54. The second-order valence-corrected chi connectivity index (χ2v) is 1.78. The fourth-order valence-electron chi connectivity index (χ4n) is 0.534. The second-order valence-electron chi connectivity index (χ2n) is 1.50. The Bertz CT molecular complexity index is 188. The van der Waals surface area contributed by atoms with Crippen LogP contribution in [0, 0.1) is 0 Å². The van der Waals surface area contributed by atoms with Crippen molar-refractivity contribution >= 4 is 0 Å². The van der Waals surface area contributed by atoms with Crippen LogP contribution < -0.4 is 4.84 Å². The van der Waals surface area contributed by atoms with Crippen LogP contribution in [0.15, 0.2) is 33.9 Å². The summed E-state index contributed by atoms with van der Waals surface area (Å²) in [5.74, 6) is 0.778. The van der Waals surface area contributed by atoms with Gasteiger partial charge in [-0.05, 0) is 0 Å². The summed E-state index contributed by atoms with van der Waals surface area (Å²) in [6.45, 7) is 0. The summed E-state index contributed by atoms with van der Waals surface area (Å²) in [6.07, 6.45) is 0. The standard InChI is InChI=1S/C6H5NO.Ti/c7-8-6-4-2-1-3-5-6;/h1-5H;. The molecule has 1 aromatic rings. The van der Waals surface area contributed by atoms with E-state index >= 15 is 0 Å². The van der Waals surface area contributed by atoms with Gasteiger partial charge in [0.1, 0.15) is 0 Å². The topological polar surface area (TPSA) is 21.6 Å². The molecule has 0 aliphatic carbocycles. The van der Waals surface area contributed by atoms with Crippen molar-refractivity contribution < 1.29 is 25.1 Å². The molecule has 0 atom stereocenters. The summed E-state index contributed by atoms with van der Waals surface area (Å²) in [6, 6.07) is 9.45. The maximum atomic E-state index is 4.83. The predicted molar refractivity (Wildman–Crippen MR) is 29.5 cm³/mol. The van der Waals surface area contributed by atoms with E-state index in [4.69, 9.17) is 4.84 Å². The molecule has 0 saturated heterocycles. The number of para-hydroxylation sites is 1. The molecule has 0 aliphatic heterocycles. The zero-order valence-corrected chi connectivity index (χ0v) is 6.30. The van der Waals surface area contributed by atoms with Gasteiger partial charge < -0.3 is 0 Å². The van der Waals surface area contributed by atoms with Crippen molar-refractivity contribution in [1.29, 1.82) is 0 Å². The Labute approximate surface area is 65.1 Å². The van der Waals surface area contributed by atoms with Gasteiger partial charge in [-0.3, -0.25) is 0 Å². The molecule has 0 saturated carbocycles. The Morgan fingerprint density at radius 3 is 2.44 bits per heavy atom. The van der Waals surface area contributed by atoms with E-state index in [0.717, 1.165) is 5.75 Å². The Morgan fingerprint density at radius 1 is 1.22 bits per heavy atom. The van der Waals surface area contributed by atoms with Gasteiger partial charge in [-0.15, -0.1) is 0 Å². The van der Waals surface area contributed by atoms with Crippen molar-refractivity contribution in [2.24, 2.45) is 3.58 Å². The average Bonchev–Trinajstić information content (AvgIpc) is 1.91. The number of rotatable bonds is 2. The van der Waals surface area contributed by atoms with Gasteiger partial charge in [-0.2, -0.15) is 0 Å². The quantitative estimate of drug-likeness (QED) is 0.470. The molecule has 0 aliphatic rings. The van der Waals surface area contributed by atoms with E-state index in [2.05, 4.69) is 3.58 Å². The van der Waals surface area contributed by atoms with Crippen molar-refractivity contribution in [3.63, 3.8) is 0 Å². The minimum atomic E-state index is 0.778. The van der Waals surface area contributed by atoms with E-state index in [1.807, 2.05) is 30.3 Å². The summed E-state index contributed by atoms with van der Waals surface area (Å²) in [5, 5.41) is 0. The maximum absolute atomic E-state index is 4.83. The SMILES string of the molecule is [Ti]=[N]Oc1ccccc1. The first-order valence-corrected chi connectivity index (χ1v) is 3.22. The molecule has 0 spiro atoms. The van der Waals surface area contributed by atoms with Crippen LogP contribution in [-0.4, -0.2) is 0 Å². The van der Waals surface area contributed by atoms with E-state index in [0.29, 0.717) is 0 Å². The number of benzene rings is 1. The van der Waals surface area contributed by atoms with Crippen LogP contribution in [0.25, 0.3) is 0 Å². The van der Waals surface area contributed by atoms with Crippen LogP contribution in [0.2, 0.25) is 0 Å². The molecule has 0 amide bonds. The van der Waals surface area contributed by atoms with Crippen molar-refractivity contribution in [3.05, 3.63) is 30.3 Å². The van der Waals surface area contributed by atoms with Gasteiger partial charge >= 0.3 is 64.8 Å². The molecule has 0 bridgehead atoms.